The van der Waals surface area contributed by atoms with E-state index in [1.165, 1.54) is 25.7 Å². The van der Waals surface area contributed by atoms with Gasteiger partial charge in [-0.25, -0.2) is 4.79 Å². The molecule has 0 spiro atoms. The first kappa shape index (κ1) is 20.0. The molecular weight excluding hydrogens is 296 g/mol. The van der Waals surface area contributed by atoms with Crippen LogP contribution < -0.4 is 16.3 Å². The van der Waals surface area contributed by atoms with Crippen LogP contribution in [-0.4, -0.2) is 0 Å². The van der Waals surface area contributed by atoms with Crippen LogP contribution >= 0.6 is 0 Å². The zero-order chi connectivity index (χ0) is 17.8. The van der Waals surface area contributed by atoms with Gasteiger partial charge in [0, 0.05) is 5.22 Å². The van der Waals surface area contributed by atoms with Gasteiger partial charge in [-0.1, -0.05) is 70.1 Å². The van der Waals surface area contributed by atoms with Gasteiger partial charge >= 0.3 is 5.63 Å². The third kappa shape index (κ3) is 6.19. The second-order valence-electron chi connectivity index (χ2n) is 5.78. The Labute approximate surface area is 145 Å². The quantitative estimate of drug-likeness (QED) is 0.485. The van der Waals surface area contributed by atoms with Crippen LogP contribution in [0.4, 0.5) is 0 Å². The van der Waals surface area contributed by atoms with Crippen molar-refractivity contribution in [2.45, 2.75) is 59.3 Å². The van der Waals surface area contributed by atoms with Crippen molar-refractivity contribution in [3.05, 3.63) is 63.6 Å². The van der Waals surface area contributed by atoms with E-state index >= 15 is 0 Å². The summed E-state index contributed by atoms with van der Waals surface area (Å²) in [6.45, 7) is 9.88. The normalized spacial score (nSPS) is 13.9. The van der Waals surface area contributed by atoms with E-state index in [-0.39, 0.29) is 5.63 Å². The Kier molecular flexibility index (Phi) is 9.52. The summed E-state index contributed by atoms with van der Waals surface area (Å²) in [6, 6.07) is 1.89. The molecule has 0 radical (unpaired) electrons. The molecule has 0 aromatic carbocycles. The fourth-order valence-electron chi connectivity index (χ4n) is 2.57. The van der Waals surface area contributed by atoms with E-state index in [1.807, 2.05) is 19.1 Å². The van der Waals surface area contributed by atoms with Crippen molar-refractivity contribution in [1.82, 2.24) is 0 Å². The van der Waals surface area contributed by atoms with E-state index in [1.54, 1.807) is 12.2 Å². The van der Waals surface area contributed by atoms with Gasteiger partial charge in [0.1, 0.15) is 5.42 Å². The number of allylic oxidation sites excluding steroid dienone is 5. The first-order chi connectivity index (χ1) is 11.7. The lowest BCUT2D eigenvalue weighted by Crippen LogP contribution is -2.30. The van der Waals surface area contributed by atoms with Crippen LogP contribution in [0.2, 0.25) is 0 Å². The van der Waals surface area contributed by atoms with Crippen LogP contribution in [0.15, 0.2) is 46.2 Å². The van der Waals surface area contributed by atoms with Gasteiger partial charge in [-0.05, 0) is 43.9 Å². The molecule has 0 aliphatic carbocycles. The van der Waals surface area contributed by atoms with Crippen molar-refractivity contribution < 1.29 is 4.42 Å². The van der Waals surface area contributed by atoms with E-state index in [9.17, 15) is 4.79 Å². The third-order valence-electron chi connectivity index (χ3n) is 3.82. The number of hydrogen-bond donors (Lipinski definition) is 0. The van der Waals surface area contributed by atoms with Crippen LogP contribution in [0, 0.1) is 0 Å². The standard InChI is InChI=1S/C22H30O2/c1-5-9-10-11-12-13-16-18(14-6-2)20-17-19(15-7-3)21(8-4)24-22(20)23/h7-8,13-17H,3,5-6,9-12H2,1-2,4H3/b16-13-,18-14+,19-15-,21-8+. The Balaban J connectivity index is 3.14. The molecule has 0 aliphatic heterocycles. The Hall–Kier alpha value is -2.09. The van der Waals surface area contributed by atoms with Gasteiger partial charge in [-0.2, -0.15) is 0 Å². The molecule has 1 heterocycles. The SMILES string of the molecule is C=C/C=c1/cc(C(/C=C\CCCCCC)=C/CC)c(=O)o/c1=C/C. The van der Waals surface area contributed by atoms with E-state index in [0.717, 1.165) is 23.6 Å². The Bertz CT molecular complexity index is 745. The molecule has 1 rings (SSSR count). The van der Waals surface area contributed by atoms with Crippen molar-refractivity contribution in [1.29, 1.82) is 0 Å². The van der Waals surface area contributed by atoms with E-state index in [2.05, 4.69) is 38.7 Å². The average molecular weight is 326 g/mol. The molecule has 0 saturated heterocycles. The van der Waals surface area contributed by atoms with E-state index in [0.29, 0.717) is 11.0 Å². The molecule has 0 amide bonds. The molecule has 0 atom stereocenters. The molecule has 0 aliphatic rings. The maximum Gasteiger partial charge on any atom is 0.344 e. The smallest absolute Gasteiger partial charge is 0.344 e. The number of unbranched alkanes of at least 4 members (excludes halogenated alkanes) is 4. The topological polar surface area (TPSA) is 30.2 Å². The number of rotatable bonds is 9. The first-order valence-corrected chi connectivity index (χ1v) is 8.98. The summed E-state index contributed by atoms with van der Waals surface area (Å²) in [7, 11) is 0. The lowest BCUT2D eigenvalue weighted by Gasteiger charge is -2.02. The second-order valence-corrected chi connectivity index (χ2v) is 5.78. The maximum absolute atomic E-state index is 12.3. The van der Waals surface area contributed by atoms with Gasteiger partial charge < -0.3 is 4.42 Å². The van der Waals surface area contributed by atoms with Gasteiger partial charge in [-0.15, -0.1) is 0 Å². The van der Waals surface area contributed by atoms with E-state index in [4.69, 9.17) is 4.42 Å². The van der Waals surface area contributed by atoms with Crippen LogP contribution in [0.1, 0.15) is 64.9 Å². The molecule has 130 valence electrons. The minimum absolute atomic E-state index is 0.292. The minimum Gasteiger partial charge on any atom is -0.423 e. The average Bonchev–Trinajstić information content (AvgIpc) is 2.58. The van der Waals surface area contributed by atoms with Crippen LogP contribution in [-0.2, 0) is 0 Å². The van der Waals surface area contributed by atoms with Gasteiger partial charge in [0.2, 0.25) is 0 Å². The highest BCUT2D eigenvalue weighted by molar-refractivity contribution is 5.73. The predicted molar refractivity (Wildman–Crippen MR) is 105 cm³/mol. The zero-order valence-corrected chi connectivity index (χ0v) is 15.3. The van der Waals surface area contributed by atoms with Gasteiger partial charge in [0.15, 0.2) is 0 Å². The lowest BCUT2D eigenvalue weighted by atomic mass is 10.0. The Morgan fingerprint density at radius 1 is 1.25 bits per heavy atom. The summed E-state index contributed by atoms with van der Waals surface area (Å²) in [6.07, 6.45) is 18.5. The summed E-state index contributed by atoms with van der Waals surface area (Å²) >= 11 is 0. The first-order valence-electron chi connectivity index (χ1n) is 8.98. The highest BCUT2D eigenvalue weighted by atomic mass is 16.4. The van der Waals surface area contributed by atoms with Gasteiger partial charge in [-0.3, -0.25) is 0 Å². The molecule has 2 nitrogen and oxygen atoms in total. The molecule has 0 bridgehead atoms. The fourth-order valence-corrected chi connectivity index (χ4v) is 2.57. The van der Waals surface area contributed by atoms with Crippen LogP contribution in [0.3, 0.4) is 0 Å². The lowest BCUT2D eigenvalue weighted by molar-refractivity contribution is 0.471. The minimum atomic E-state index is -0.292. The molecule has 0 saturated carbocycles. The zero-order valence-electron chi connectivity index (χ0n) is 15.3. The van der Waals surface area contributed by atoms with Crippen molar-refractivity contribution in [3.63, 3.8) is 0 Å². The molecule has 2 heteroatoms. The molecule has 1 aromatic rings. The Morgan fingerprint density at radius 2 is 2.04 bits per heavy atom. The third-order valence-corrected chi connectivity index (χ3v) is 3.82. The fraction of sp³-hybridized carbons (Fsp3) is 0.409. The van der Waals surface area contributed by atoms with Crippen LogP contribution in [0.5, 0.6) is 0 Å². The molecule has 0 N–H and O–H groups in total. The van der Waals surface area contributed by atoms with Crippen LogP contribution in [0.25, 0.3) is 17.7 Å². The van der Waals surface area contributed by atoms with Crippen molar-refractivity contribution >= 4 is 17.7 Å². The predicted octanol–water partition coefficient (Wildman–Crippen LogP) is 4.73. The maximum atomic E-state index is 12.3. The summed E-state index contributed by atoms with van der Waals surface area (Å²) in [5.74, 6) is 0. The van der Waals surface area contributed by atoms with Gasteiger partial charge in [0.25, 0.3) is 0 Å². The van der Waals surface area contributed by atoms with Crippen molar-refractivity contribution in [2.75, 3.05) is 0 Å². The molecular formula is C22H30O2. The molecule has 0 unspecified atom stereocenters. The highest BCUT2D eigenvalue weighted by Crippen LogP contribution is 2.13. The number of hydrogen-bond acceptors (Lipinski definition) is 2. The monoisotopic (exact) mass is 326 g/mol. The van der Waals surface area contributed by atoms with Gasteiger partial charge in [0.05, 0.1) is 5.56 Å². The van der Waals surface area contributed by atoms with Crippen molar-refractivity contribution in [2.24, 2.45) is 0 Å². The highest BCUT2D eigenvalue weighted by Gasteiger charge is 2.06. The van der Waals surface area contributed by atoms with E-state index < -0.39 is 0 Å². The molecule has 24 heavy (non-hydrogen) atoms. The molecule has 0 fully saturated rings. The van der Waals surface area contributed by atoms with Crippen molar-refractivity contribution in [3.8, 4) is 0 Å². The Morgan fingerprint density at radius 3 is 2.67 bits per heavy atom. The summed E-state index contributed by atoms with van der Waals surface area (Å²) in [4.78, 5) is 12.3. The summed E-state index contributed by atoms with van der Waals surface area (Å²) < 4.78 is 5.46. The second kappa shape index (κ2) is 11.4. The molecule has 1 aromatic heterocycles. The summed E-state index contributed by atoms with van der Waals surface area (Å²) in [5.41, 5.74) is 1.84. The largest absolute Gasteiger partial charge is 0.423 e. The summed E-state index contributed by atoms with van der Waals surface area (Å²) in [5, 5.41) is 0.875.